The molecule has 10 rings (SSSR count). The lowest BCUT2D eigenvalue weighted by atomic mass is 9.78. The Kier molecular flexibility index (Phi) is 7.16. The molecule has 0 radical (unpaired) electrons. The van der Waals surface area contributed by atoms with Crippen LogP contribution in [0.5, 0.6) is 0 Å². The Morgan fingerprint density at radius 3 is 1.83 bits per heavy atom. The van der Waals surface area contributed by atoms with Crippen LogP contribution in [0, 0.1) is 0 Å². The molecular weight excluding hydrogens is 662 g/mol. The average molecular weight is 698 g/mol. The molecule has 0 spiro atoms. The van der Waals surface area contributed by atoms with Crippen LogP contribution in [0.15, 0.2) is 182 Å². The van der Waals surface area contributed by atoms with Crippen molar-refractivity contribution in [3.63, 3.8) is 0 Å². The van der Waals surface area contributed by atoms with E-state index in [2.05, 4.69) is 135 Å². The van der Waals surface area contributed by atoms with E-state index in [0.29, 0.717) is 0 Å². The lowest BCUT2D eigenvalue weighted by Crippen LogP contribution is -2.24. The molecule has 0 N–H and O–H groups in total. The summed E-state index contributed by atoms with van der Waals surface area (Å²) in [6.45, 7) is 4.68. The van der Waals surface area contributed by atoms with Crippen molar-refractivity contribution in [1.29, 1.82) is 0 Å². The van der Waals surface area contributed by atoms with Crippen molar-refractivity contribution < 1.29 is 4.57 Å². The number of hydrogen-bond donors (Lipinski definition) is 0. The van der Waals surface area contributed by atoms with Gasteiger partial charge in [-0.25, -0.2) is 4.98 Å². The summed E-state index contributed by atoms with van der Waals surface area (Å²) in [4.78, 5) is 5.36. The zero-order valence-corrected chi connectivity index (χ0v) is 30.5. The molecule has 0 amide bonds. The van der Waals surface area contributed by atoms with E-state index in [1.807, 2.05) is 60.7 Å². The van der Waals surface area contributed by atoms with Gasteiger partial charge in [-0.05, 0) is 73.1 Å². The van der Waals surface area contributed by atoms with Gasteiger partial charge in [-0.15, -0.1) is 0 Å². The molecule has 0 atom stereocenters. The first-order valence-corrected chi connectivity index (χ1v) is 19.9. The van der Waals surface area contributed by atoms with E-state index in [9.17, 15) is 0 Å². The Bertz CT molecular complexity index is 2890. The van der Waals surface area contributed by atoms with Crippen molar-refractivity contribution in [3.05, 3.63) is 193 Å². The van der Waals surface area contributed by atoms with Gasteiger partial charge in [0.2, 0.25) is 0 Å². The topological polar surface area (TPSA) is 30.0 Å². The second kappa shape index (κ2) is 12.0. The summed E-state index contributed by atoms with van der Waals surface area (Å²) in [7, 11) is -3.06. The summed E-state index contributed by atoms with van der Waals surface area (Å²) < 4.78 is 15.0. The second-order valence-electron chi connectivity index (χ2n) is 14.7. The van der Waals surface area contributed by atoms with Gasteiger partial charge in [0.1, 0.15) is 0 Å². The highest BCUT2D eigenvalue weighted by Gasteiger charge is 2.39. The molecule has 252 valence electrons. The Morgan fingerprint density at radius 2 is 1.08 bits per heavy atom. The summed E-state index contributed by atoms with van der Waals surface area (Å²) in [5, 5.41) is 8.37. The number of hydrogen-bond acceptors (Lipinski definition) is 2. The van der Waals surface area contributed by atoms with Crippen LogP contribution in [0.25, 0.3) is 66.0 Å². The molecule has 1 aromatic heterocycles. The fourth-order valence-corrected chi connectivity index (χ4v) is 11.3. The molecule has 1 aliphatic carbocycles. The molecule has 8 aromatic carbocycles. The highest BCUT2D eigenvalue weighted by molar-refractivity contribution is 7.85. The van der Waals surface area contributed by atoms with Crippen LogP contribution in [0.2, 0.25) is 0 Å². The van der Waals surface area contributed by atoms with Gasteiger partial charge in [-0.1, -0.05) is 178 Å². The standard InChI is InChI=1S/C50H36NOP/c1-50(2)44-20-12-11-19-43(44)49-48(50)46(47-42-18-10-9-13-34(42)28-30-45(47)51-49)35-23-21-33(22-24-35)36-25-26-38-32-41(29-27-37(38)31-36)53(52,39-14-5-3-6-15-39)40-16-7-4-8-17-40/h3-32H,1-2H3. The third kappa shape index (κ3) is 4.87. The number of pyridine rings is 1. The van der Waals surface area contributed by atoms with E-state index in [1.54, 1.807) is 0 Å². The van der Waals surface area contributed by atoms with Crippen molar-refractivity contribution in [2.45, 2.75) is 19.3 Å². The Labute approximate surface area is 309 Å². The van der Waals surface area contributed by atoms with Crippen LogP contribution in [-0.2, 0) is 9.98 Å². The van der Waals surface area contributed by atoms with Gasteiger partial charge in [0.05, 0.1) is 11.2 Å². The zero-order chi connectivity index (χ0) is 35.7. The van der Waals surface area contributed by atoms with Gasteiger partial charge in [0.25, 0.3) is 0 Å². The van der Waals surface area contributed by atoms with Crippen molar-refractivity contribution >= 4 is 55.5 Å². The Balaban J connectivity index is 1.09. The van der Waals surface area contributed by atoms with Crippen molar-refractivity contribution in [2.75, 3.05) is 0 Å². The minimum atomic E-state index is -3.06. The molecule has 0 unspecified atom stereocenters. The van der Waals surface area contributed by atoms with E-state index in [4.69, 9.17) is 4.98 Å². The van der Waals surface area contributed by atoms with Crippen molar-refractivity contribution in [1.82, 2.24) is 4.98 Å². The molecule has 1 aliphatic rings. The molecule has 53 heavy (non-hydrogen) atoms. The maximum Gasteiger partial charge on any atom is 0.171 e. The number of benzene rings is 8. The SMILES string of the molecule is CC1(C)c2ccccc2-c2nc3ccc4ccccc4c3c(-c3ccc(-c4ccc5cc(P(=O)(c6ccccc6)c6ccccc6)ccc5c4)cc3)c21. The maximum atomic E-state index is 15.0. The lowest BCUT2D eigenvalue weighted by Gasteiger charge is -2.25. The summed E-state index contributed by atoms with van der Waals surface area (Å²) in [5.74, 6) is 0. The first-order valence-electron chi connectivity index (χ1n) is 18.2. The van der Waals surface area contributed by atoms with Crippen LogP contribution in [-0.4, -0.2) is 4.98 Å². The smallest absolute Gasteiger partial charge is 0.171 e. The van der Waals surface area contributed by atoms with Crippen LogP contribution in [0.1, 0.15) is 25.0 Å². The summed E-state index contributed by atoms with van der Waals surface area (Å²) >= 11 is 0. The number of aromatic nitrogens is 1. The number of nitrogens with zero attached hydrogens (tertiary/aromatic N) is 1. The van der Waals surface area contributed by atoms with Gasteiger partial charge in [0.15, 0.2) is 7.14 Å². The molecule has 0 bridgehead atoms. The van der Waals surface area contributed by atoms with Crippen LogP contribution in [0.3, 0.4) is 0 Å². The third-order valence-electron chi connectivity index (χ3n) is 11.3. The fourth-order valence-electron chi connectivity index (χ4n) is 8.66. The predicted octanol–water partition coefficient (Wildman–Crippen LogP) is 11.8. The zero-order valence-electron chi connectivity index (χ0n) is 29.6. The van der Waals surface area contributed by atoms with Gasteiger partial charge in [0, 0.05) is 32.3 Å². The van der Waals surface area contributed by atoms with Gasteiger partial charge < -0.3 is 4.57 Å². The normalized spacial score (nSPS) is 13.3. The van der Waals surface area contributed by atoms with Crippen LogP contribution < -0.4 is 15.9 Å². The van der Waals surface area contributed by atoms with E-state index >= 15 is 4.57 Å². The minimum absolute atomic E-state index is 0.208. The third-order valence-corrected chi connectivity index (χ3v) is 14.3. The molecule has 3 heteroatoms. The fraction of sp³-hybridized carbons (Fsp3) is 0.0600. The summed E-state index contributed by atoms with van der Waals surface area (Å²) in [6, 6.07) is 63.5. The quantitative estimate of drug-likeness (QED) is 0.132. The lowest BCUT2D eigenvalue weighted by molar-refractivity contribution is 0.592. The molecule has 0 saturated carbocycles. The average Bonchev–Trinajstić information content (AvgIpc) is 3.45. The summed E-state index contributed by atoms with van der Waals surface area (Å²) in [6.07, 6.45) is 0. The van der Waals surface area contributed by atoms with Gasteiger partial charge in [-0.2, -0.15) is 0 Å². The molecule has 0 fully saturated rings. The largest absolute Gasteiger partial charge is 0.309 e. The van der Waals surface area contributed by atoms with E-state index in [1.165, 1.54) is 44.0 Å². The molecule has 2 nitrogen and oxygen atoms in total. The van der Waals surface area contributed by atoms with Crippen molar-refractivity contribution in [3.8, 4) is 33.5 Å². The Morgan fingerprint density at radius 1 is 0.491 bits per heavy atom. The van der Waals surface area contributed by atoms with Gasteiger partial charge >= 0.3 is 0 Å². The molecule has 1 heterocycles. The highest BCUT2D eigenvalue weighted by Crippen LogP contribution is 2.54. The predicted molar refractivity (Wildman–Crippen MR) is 225 cm³/mol. The molecular formula is C50H36NOP. The van der Waals surface area contributed by atoms with Crippen LogP contribution >= 0.6 is 7.14 Å². The van der Waals surface area contributed by atoms with E-state index in [-0.39, 0.29) is 5.41 Å². The van der Waals surface area contributed by atoms with Gasteiger partial charge in [-0.3, -0.25) is 0 Å². The molecule has 9 aromatic rings. The first kappa shape index (κ1) is 31.6. The highest BCUT2D eigenvalue weighted by atomic mass is 31.2. The minimum Gasteiger partial charge on any atom is -0.309 e. The van der Waals surface area contributed by atoms with E-state index < -0.39 is 7.14 Å². The molecule has 0 aliphatic heterocycles. The monoisotopic (exact) mass is 697 g/mol. The maximum absolute atomic E-state index is 15.0. The first-order chi connectivity index (χ1) is 25.9. The molecule has 0 saturated heterocycles. The van der Waals surface area contributed by atoms with E-state index in [0.717, 1.165) is 49.0 Å². The number of fused-ring (bicyclic) bond motifs is 7. The summed E-state index contributed by atoms with van der Waals surface area (Å²) in [5.41, 5.74) is 10.5. The Hall–Kier alpha value is -6.08. The van der Waals surface area contributed by atoms with Crippen LogP contribution in [0.4, 0.5) is 0 Å². The number of rotatable bonds is 5. The second-order valence-corrected chi connectivity index (χ2v) is 17.4. The van der Waals surface area contributed by atoms with Crippen molar-refractivity contribution in [2.24, 2.45) is 0 Å².